The van der Waals surface area contributed by atoms with Gasteiger partial charge in [-0.25, -0.2) is 14.8 Å². The molecule has 0 radical (unpaired) electrons. The Morgan fingerprint density at radius 1 is 1.08 bits per heavy atom. The lowest BCUT2D eigenvalue weighted by Crippen LogP contribution is -2.24. The highest BCUT2D eigenvalue weighted by Crippen LogP contribution is 2.26. The van der Waals surface area contributed by atoms with Gasteiger partial charge in [-0.15, -0.1) is 5.54 Å². The summed E-state index contributed by atoms with van der Waals surface area (Å²) in [6, 6.07) is 3.72. The molecule has 3 aromatic heterocycles. The van der Waals surface area contributed by atoms with Crippen LogP contribution >= 0.6 is 0 Å². The normalized spacial score (nSPS) is 12.1. The summed E-state index contributed by atoms with van der Waals surface area (Å²) < 4.78 is 5.42. The zero-order valence-electron chi connectivity index (χ0n) is 16.0. The molecule has 134 valence electrons. The fraction of sp³-hybridized carbons (Fsp3) is 0.350. The summed E-state index contributed by atoms with van der Waals surface area (Å²) in [6.45, 7) is 12.1. The first-order chi connectivity index (χ1) is 12.0. The first-order valence-electron chi connectivity index (χ1n) is 8.56. The molecule has 0 fully saturated rings. The molecule has 0 aliphatic heterocycles. The number of nitrogens with zero attached hydrogens (tertiary/aromatic N) is 2. The number of aromatic amines is 1. The fourth-order valence-electron chi connectivity index (χ4n) is 2.46. The lowest BCUT2D eigenvalue weighted by atomic mass is 10.1. The molecule has 0 bridgehead atoms. The van der Waals surface area contributed by atoms with E-state index < -0.39 is 19.6 Å². The molecule has 1 N–H and O–H groups in total. The van der Waals surface area contributed by atoms with E-state index in [1.54, 1.807) is 18.5 Å². The van der Waals surface area contributed by atoms with Crippen LogP contribution in [-0.2, 0) is 4.74 Å². The lowest BCUT2D eigenvalue weighted by Gasteiger charge is -2.18. The van der Waals surface area contributed by atoms with Gasteiger partial charge in [-0.2, -0.15) is 0 Å². The van der Waals surface area contributed by atoms with Crippen LogP contribution in [0, 0.1) is 11.5 Å². The van der Waals surface area contributed by atoms with Crippen molar-refractivity contribution in [1.29, 1.82) is 0 Å². The number of pyridine rings is 2. The van der Waals surface area contributed by atoms with Crippen molar-refractivity contribution in [3.8, 4) is 11.5 Å². The van der Waals surface area contributed by atoms with Crippen molar-refractivity contribution >= 4 is 35.8 Å². The van der Waals surface area contributed by atoms with E-state index in [4.69, 9.17) is 4.74 Å². The Hall–Kier alpha value is -2.65. The van der Waals surface area contributed by atoms with Crippen molar-refractivity contribution in [2.75, 3.05) is 0 Å². The van der Waals surface area contributed by atoms with Crippen molar-refractivity contribution in [3.63, 3.8) is 0 Å². The molecule has 0 saturated heterocycles. The van der Waals surface area contributed by atoms with E-state index in [-0.39, 0.29) is 0 Å². The molecule has 0 aliphatic carbocycles. The second kappa shape index (κ2) is 6.26. The van der Waals surface area contributed by atoms with Crippen molar-refractivity contribution in [1.82, 2.24) is 15.0 Å². The van der Waals surface area contributed by atoms with Gasteiger partial charge in [0.2, 0.25) is 0 Å². The van der Waals surface area contributed by atoms with Crippen LogP contribution in [0.2, 0.25) is 19.6 Å². The number of hydrogen-bond donors (Lipinski definition) is 1. The number of carbonyl (C=O) groups is 1. The standard InChI is InChI=1S/C20H23N3O2Si/c1-20(2,3)25-19(24)16-10-15-14-9-13(7-8-26(4,5)6)21-11-17(14)23-18(15)12-22-16/h9-12,23H,1-6H3. The van der Waals surface area contributed by atoms with E-state index in [0.29, 0.717) is 5.69 Å². The summed E-state index contributed by atoms with van der Waals surface area (Å²) in [7, 11) is -1.47. The molecule has 3 heterocycles. The minimum absolute atomic E-state index is 0.292. The molecule has 0 saturated carbocycles. The largest absolute Gasteiger partial charge is 0.455 e. The molecule has 0 aliphatic rings. The van der Waals surface area contributed by atoms with Crippen LogP contribution in [0.3, 0.4) is 0 Å². The Kier molecular flexibility index (Phi) is 4.37. The van der Waals surface area contributed by atoms with Crippen LogP contribution in [0.4, 0.5) is 0 Å². The number of ether oxygens (including phenoxy) is 1. The van der Waals surface area contributed by atoms with Gasteiger partial charge in [-0.05, 0) is 32.9 Å². The molecule has 0 aromatic carbocycles. The molecule has 3 aromatic rings. The van der Waals surface area contributed by atoms with Gasteiger partial charge in [-0.1, -0.05) is 25.6 Å². The van der Waals surface area contributed by atoms with Crippen LogP contribution in [0.15, 0.2) is 24.5 Å². The molecule has 5 nitrogen and oxygen atoms in total. The number of aromatic nitrogens is 3. The predicted octanol–water partition coefficient (Wildman–Crippen LogP) is 4.30. The van der Waals surface area contributed by atoms with Crippen molar-refractivity contribution in [3.05, 3.63) is 35.9 Å². The molecule has 0 unspecified atom stereocenters. The van der Waals surface area contributed by atoms with Crippen molar-refractivity contribution < 1.29 is 9.53 Å². The molecular weight excluding hydrogens is 342 g/mol. The van der Waals surface area contributed by atoms with E-state index >= 15 is 0 Å². The second-order valence-corrected chi connectivity index (χ2v) is 13.1. The highest BCUT2D eigenvalue weighted by Gasteiger charge is 2.20. The van der Waals surface area contributed by atoms with E-state index in [2.05, 4.69) is 46.1 Å². The number of esters is 1. The fourth-order valence-corrected chi connectivity index (χ4v) is 2.97. The van der Waals surface area contributed by atoms with Gasteiger partial charge >= 0.3 is 5.97 Å². The van der Waals surface area contributed by atoms with Crippen molar-refractivity contribution in [2.45, 2.75) is 46.0 Å². The van der Waals surface area contributed by atoms with Gasteiger partial charge in [0.1, 0.15) is 25.1 Å². The molecule has 3 rings (SSSR count). The van der Waals surface area contributed by atoms with Gasteiger partial charge in [0.25, 0.3) is 0 Å². The first-order valence-corrected chi connectivity index (χ1v) is 12.1. The molecule has 0 amide bonds. The first kappa shape index (κ1) is 18.1. The minimum atomic E-state index is -1.47. The number of rotatable bonds is 1. The third-order valence-electron chi connectivity index (χ3n) is 3.54. The quantitative estimate of drug-likeness (QED) is 0.397. The minimum Gasteiger partial charge on any atom is -0.455 e. The van der Waals surface area contributed by atoms with Crippen LogP contribution in [0.25, 0.3) is 21.8 Å². The Bertz CT molecular complexity index is 1060. The highest BCUT2D eigenvalue weighted by atomic mass is 28.3. The van der Waals surface area contributed by atoms with E-state index in [1.165, 1.54) is 0 Å². The van der Waals surface area contributed by atoms with Gasteiger partial charge in [0, 0.05) is 10.8 Å². The lowest BCUT2D eigenvalue weighted by molar-refractivity contribution is 0.00631. The number of H-pyrrole nitrogens is 1. The number of hydrogen-bond acceptors (Lipinski definition) is 4. The van der Waals surface area contributed by atoms with Crippen LogP contribution in [0.1, 0.15) is 37.0 Å². The van der Waals surface area contributed by atoms with Gasteiger partial charge in [-0.3, -0.25) is 0 Å². The predicted molar refractivity (Wildman–Crippen MR) is 107 cm³/mol. The van der Waals surface area contributed by atoms with Gasteiger partial charge < -0.3 is 9.72 Å². The average molecular weight is 366 g/mol. The maximum absolute atomic E-state index is 12.3. The number of nitrogens with one attached hydrogen (secondary N) is 1. The maximum atomic E-state index is 12.3. The van der Waals surface area contributed by atoms with Crippen LogP contribution in [-0.4, -0.2) is 34.6 Å². The molecule has 0 spiro atoms. The summed E-state index contributed by atoms with van der Waals surface area (Å²) >= 11 is 0. The summed E-state index contributed by atoms with van der Waals surface area (Å²) in [5.74, 6) is 2.75. The third kappa shape index (κ3) is 4.11. The zero-order valence-corrected chi connectivity index (χ0v) is 17.0. The number of carbonyl (C=O) groups excluding carboxylic acids is 1. The zero-order chi connectivity index (χ0) is 19.1. The topological polar surface area (TPSA) is 67.9 Å². The highest BCUT2D eigenvalue weighted by molar-refractivity contribution is 6.83. The summed E-state index contributed by atoms with van der Waals surface area (Å²) in [6.07, 6.45) is 3.43. The Morgan fingerprint density at radius 2 is 1.69 bits per heavy atom. The van der Waals surface area contributed by atoms with E-state index in [0.717, 1.165) is 27.5 Å². The number of fused-ring (bicyclic) bond motifs is 3. The van der Waals surface area contributed by atoms with Gasteiger partial charge in [0.15, 0.2) is 0 Å². The smallest absolute Gasteiger partial charge is 0.357 e. The summed E-state index contributed by atoms with van der Waals surface area (Å²) in [5.41, 5.74) is 5.54. The monoisotopic (exact) mass is 365 g/mol. The molecular formula is C20H23N3O2Si. The summed E-state index contributed by atoms with van der Waals surface area (Å²) in [5, 5.41) is 1.89. The Labute approximate surface area is 154 Å². The van der Waals surface area contributed by atoms with Crippen molar-refractivity contribution in [2.24, 2.45) is 0 Å². The summed E-state index contributed by atoms with van der Waals surface area (Å²) in [4.78, 5) is 24.2. The van der Waals surface area contributed by atoms with E-state index in [1.807, 2.05) is 26.8 Å². The van der Waals surface area contributed by atoms with Crippen LogP contribution in [0.5, 0.6) is 0 Å². The van der Waals surface area contributed by atoms with Crippen LogP contribution < -0.4 is 0 Å². The van der Waals surface area contributed by atoms with Gasteiger partial charge in [0.05, 0.1) is 23.4 Å². The third-order valence-corrected chi connectivity index (χ3v) is 4.42. The average Bonchev–Trinajstić information content (AvgIpc) is 2.87. The Balaban J connectivity index is 2.08. The molecule has 0 atom stereocenters. The second-order valence-electron chi connectivity index (χ2n) is 8.36. The maximum Gasteiger partial charge on any atom is 0.357 e. The Morgan fingerprint density at radius 3 is 2.31 bits per heavy atom. The molecule has 6 heteroatoms. The van der Waals surface area contributed by atoms with E-state index in [9.17, 15) is 4.79 Å². The molecule has 26 heavy (non-hydrogen) atoms. The SMILES string of the molecule is CC(C)(C)OC(=O)c1cc2c(cn1)[nH]c1cnc(C#C[Si](C)(C)C)cc12.